The van der Waals surface area contributed by atoms with E-state index >= 15 is 0 Å². The van der Waals surface area contributed by atoms with Crippen molar-refractivity contribution in [1.29, 1.82) is 0 Å². The summed E-state index contributed by atoms with van der Waals surface area (Å²) in [6.07, 6.45) is 0. The van der Waals surface area contributed by atoms with E-state index < -0.39 is 12.1 Å². The Morgan fingerprint density at radius 2 is 1.51 bits per heavy atom. The van der Waals surface area contributed by atoms with Crippen molar-refractivity contribution in [2.75, 3.05) is 0 Å². The van der Waals surface area contributed by atoms with Crippen molar-refractivity contribution in [2.24, 2.45) is 0 Å². The van der Waals surface area contributed by atoms with Gasteiger partial charge in [-0.15, -0.1) is 0 Å². The van der Waals surface area contributed by atoms with Gasteiger partial charge in [-0.2, -0.15) is 0 Å². The first kappa shape index (κ1) is 17.2. The van der Waals surface area contributed by atoms with Gasteiger partial charge in [0.1, 0.15) is 0 Å². The van der Waals surface area contributed by atoms with E-state index in [4.69, 9.17) is 27.1 Å². The van der Waals surface area contributed by atoms with Crippen LogP contribution >= 0.6 is 11.6 Å². The Bertz CT molecular complexity index is 1980. The van der Waals surface area contributed by atoms with E-state index in [-0.39, 0.29) is 61.7 Å². The molecule has 190 valence electrons. The number of rotatable bonds is 2. The van der Waals surface area contributed by atoms with Crippen molar-refractivity contribution in [3.8, 4) is 11.3 Å². The van der Waals surface area contributed by atoms with E-state index in [1.807, 2.05) is 38.1 Å². The van der Waals surface area contributed by atoms with E-state index in [0.717, 1.165) is 5.39 Å². The Morgan fingerprint density at radius 3 is 2.27 bits per heavy atom. The van der Waals surface area contributed by atoms with Crippen molar-refractivity contribution in [3.63, 3.8) is 0 Å². The first-order valence-electron chi connectivity index (χ1n) is 17.2. The molecule has 6 rings (SSSR count). The third kappa shape index (κ3) is 5.90. The highest BCUT2D eigenvalue weighted by atomic mass is 35.5. The van der Waals surface area contributed by atoms with E-state index in [9.17, 15) is 10.1 Å². The summed E-state index contributed by atoms with van der Waals surface area (Å²) >= 11 is 6.11. The number of hydrogen-bond donors (Lipinski definition) is 0. The number of nitrogens with zero attached hydrogens (tertiary/aromatic N) is 3. The largest absolute Gasteiger partial charge is 0.277 e. The van der Waals surface area contributed by atoms with Gasteiger partial charge in [-0.25, -0.2) is 9.97 Å². The number of halogens is 1. The number of aromatic nitrogens is 2. The second-order valence-electron chi connectivity index (χ2n) is 7.19. The minimum Gasteiger partial charge on any atom is -0.258 e. The quantitative estimate of drug-likeness (QED) is 0.0977. The van der Waals surface area contributed by atoms with Gasteiger partial charge in [0.25, 0.3) is 5.69 Å². The van der Waals surface area contributed by atoms with Gasteiger partial charge >= 0.3 is 0 Å². The highest BCUT2D eigenvalue weighted by Crippen LogP contribution is 2.31. The number of fused-ring (bicyclic) bond motifs is 4. The molecule has 0 bridgehead atoms. The molecule has 0 amide bonds. The van der Waals surface area contributed by atoms with Crippen LogP contribution in [0, 0.1) is 10.1 Å². The number of nitro benzene ring substituents is 1. The fourth-order valence-electron chi connectivity index (χ4n) is 3.61. The molecule has 0 spiro atoms. The summed E-state index contributed by atoms with van der Waals surface area (Å²) in [7, 11) is 1.25. The lowest BCUT2D eigenvalue weighted by Crippen LogP contribution is -1.92. The van der Waals surface area contributed by atoms with Crippen molar-refractivity contribution in [1.82, 2.24) is 9.97 Å². The molecule has 6 aromatic rings. The van der Waals surface area contributed by atoms with Gasteiger partial charge in [-0.3, -0.25) is 10.1 Å². The second kappa shape index (κ2) is 12.6. The summed E-state index contributed by atoms with van der Waals surface area (Å²) in [4.78, 5) is 18.7. The second-order valence-corrected chi connectivity index (χ2v) is 7.52. The van der Waals surface area contributed by atoms with E-state index in [2.05, 4.69) is 9.97 Å². The molecule has 0 aliphatic heterocycles. The van der Waals surface area contributed by atoms with Gasteiger partial charge in [-0.1, -0.05) is 112 Å². The first-order valence-corrected chi connectivity index (χ1v) is 11.5. The molecule has 0 fully saturated rings. The van der Waals surface area contributed by atoms with Crippen molar-refractivity contribution >= 4 is 49.7 Å². The van der Waals surface area contributed by atoms with Gasteiger partial charge in [0.15, 0.2) is 0 Å². The fraction of sp³-hybridized carbons (Fsp3) is 0.0968. The Balaban J connectivity index is 0.000000460. The zero-order valence-electron chi connectivity index (χ0n) is 31.5. The lowest BCUT2D eigenvalue weighted by molar-refractivity contribution is -0.383. The van der Waals surface area contributed by atoms with Crippen molar-refractivity contribution in [3.05, 3.63) is 124 Å². The number of non-ortho nitro benzene ring substituents is 1. The molecular weight excluding hydrogens is 482 g/mol. The molecule has 0 atom stereocenters. The maximum atomic E-state index is 10.6. The van der Waals surface area contributed by atoms with Crippen LogP contribution in [-0.4, -0.2) is 14.9 Å². The molecule has 0 saturated carbocycles. The maximum absolute atomic E-state index is 10.6. The first-order chi connectivity index (χ1) is 23.1. The van der Waals surface area contributed by atoms with Gasteiger partial charge in [0, 0.05) is 29.7 Å². The van der Waals surface area contributed by atoms with Crippen LogP contribution in [0.15, 0.2) is 109 Å². The fourth-order valence-corrected chi connectivity index (χ4v) is 3.78. The lowest BCUT2D eigenvalue weighted by Gasteiger charge is -2.08. The lowest BCUT2D eigenvalue weighted by atomic mass is 10.0. The van der Waals surface area contributed by atoms with Crippen LogP contribution in [0.2, 0.25) is 5.28 Å². The van der Waals surface area contributed by atoms with Crippen LogP contribution in [0.5, 0.6) is 0 Å². The predicted octanol–water partition coefficient (Wildman–Crippen LogP) is 10.0. The summed E-state index contributed by atoms with van der Waals surface area (Å²) in [6.45, 7) is 4.00. The van der Waals surface area contributed by atoms with Gasteiger partial charge in [0.05, 0.1) is 29.7 Å². The number of hydrogen-bond acceptors (Lipinski definition) is 4. The maximum Gasteiger partial charge on any atom is 0.277 e. The minimum absolute atomic E-state index is 0.0488. The Labute approximate surface area is 237 Å². The molecule has 37 heavy (non-hydrogen) atoms. The zero-order valence-corrected chi connectivity index (χ0v) is 21.2. The summed E-state index contributed by atoms with van der Waals surface area (Å²) < 4.78 is 74.8. The van der Waals surface area contributed by atoms with E-state index in [1.54, 1.807) is 42.5 Å². The molecule has 0 radical (unpaired) electrons. The SMILES string of the molecule is CC.O=[N+]([O-])c1cccc2ccccc12.[2H]C.[2H][2H].[2H][2H].[2H]c1c([2H])c([2H])c2c(c1[2H])c([2H])c([2H])c1c(-c3ccccc3)nc(Cl)nc12. The molecule has 0 aliphatic carbocycles. The van der Waals surface area contributed by atoms with Crippen LogP contribution in [0.4, 0.5) is 5.69 Å². The highest BCUT2D eigenvalue weighted by Gasteiger charge is 2.11. The minimum atomic E-state index is -0.455. The molecule has 0 aliphatic rings. The molecule has 1 heterocycles. The Kier molecular flexibility index (Phi) is 5.83. The summed E-state index contributed by atoms with van der Waals surface area (Å²) in [5.41, 5.74) is 1.31. The van der Waals surface area contributed by atoms with Crippen molar-refractivity contribution in [2.45, 2.75) is 21.3 Å². The normalized spacial score (nSPS) is 12.9. The van der Waals surface area contributed by atoms with Crippen LogP contribution in [-0.2, 0) is 0 Å². The molecule has 5 aromatic carbocycles. The average molecular weight is 525 g/mol. The van der Waals surface area contributed by atoms with Crippen LogP contribution in [0.25, 0.3) is 43.7 Å². The predicted molar refractivity (Wildman–Crippen MR) is 160 cm³/mol. The molecule has 5 nitrogen and oxygen atoms in total. The molecule has 0 saturated heterocycles. The molecular formula is C31H32ClN3O2. The van der Waals surface area contributed by atoms with Gasteiger partial charge in [-0.05, 0) is 34.5 Å². The molecule has 0 unspecified atom stereocenters. The smallest absolute Gasteiger partial charge is 0.258 e. The van der Waals surface area contributed by atoms with Gasteiger partial charge in [0.2, 0.25) is 5.28 Å². The average Bonchev–Trinajstić information content (AvgIpc) is 3.14. The Morgan fingerprint density at radius 1 is 0.838 bits per heavy atom. The summed E-state index contributed by atoms with van der Waals surface area (Å²) in [5, 5.41) is 12.4. The third-order valence-electron chi connectivity index (χ3n) is 5.13. The molecule has 6 heteroatoms. The summed E-state index contributed by atoms with van der Waals surface area (Å²) in [6, 6.07) is 19.3. The molecule has 0 N–H and O–H groups in total. The highest BCUT2D eigenvalue weighted by molar-refractivity contribution is 6.29. The van der Waals surface area contributed by atoms with E-state index in [1.165, 1.54) is 13.5 Å². The monoisotopic (exact) mass is 524 g/mol. The zero-order chi connectivity index (χ0) is 36.7. The topological polar surface area (TPSA) is 68.9 Å². The summed E-state index contributed by atoms with van der Waals surface area (Å²) in [5.74, 6) is 0. The number of nitro groups is 1. The van der Waals surface area contributed by atoms with Crippen LogP contribution < -0.4 is 0 Å². The van der Waals surface area contributed by atoms with Crippen LogP contribution in [0.1, 0.15) is 36.8 Å². The number of benzene rings is 5. The third-order valence-corrected chi connectivity index (χ3v) is 5.30. The standard InChI is InChI=1S/C18H11ClN2.C10H7NO2.C2H6.CH4.2H2/c19-18-20-16(13-7-2-1-3-8-13)15-11-10-12-6-4-5-9-14(12)17(15)21-18;12-11(13)10-7-3-5-8-4-1-2-6-9(8)10;1-2;;;/h1-11H;1-7H;1-2H3;1H4;2*1H/i4D,5D,6D,9D,10D,11D;;;1D;2*1+1D. The van der Waals surface area contributed by atoms with Crippen LogP contribution in [0.3, 0.4) is 0 Å². The Hall–Kier alpha value is -4.35. The van der Waals surface area contributed by atoms with Gasteiger partial charge < -0.3 is 0 Å². The van der Waals surface area contributed by atoms with E-state index in [0.29, 0.717) is 16.6 Å². The van der Waals surface area contributed by atoms with Crippen molar-refractivity contribution < 1.29 is 20.5 Å². The molecule has 1 aromatic heterocycles.